The van der Waals surface area contributed by atoms with Crippen LogP contribution in [-0.4, -0.2) is 24.6 Å². The normalized spacial score (nSPS) is 10.7. The number of carbonyl (C=O) groups excluding carboxylic acids is 2. The van der Waals surface area contributed by atoms with Gasteiger partial charge in [0, 0.05) is 6.54 Å². The Bertz CT molecular complexity index is 839. The molecule has 2 aromatic carbocycles. The quantitative estimate of drug-likeness (QED) is 0.293. The van der Waals surface area contributed by atoms with E-state index in [2.05, 4.69) is 15.8 Å². The molecule has 0 heterocycles. The molecular formula is C20H21Cl2N3O3. The lowest BCUT2D eigenvalue weighted by atomic mass is 10.2. The van der Waals surface area contributed by atoms with Crippen molar-refractivity contribution in [1.82, 2.24) is 10.7 Å². The van der Waals surface area contributed by atoms with Gasteiger partial charge in [-0.1, -0.05) is 42.6 Å². The number of nitrogens with zero attached hydrogens (tertiary/aromatic N) is 1. The predicted molar refractivity (Wildman–Crippen MR) is 111 cm³/mol. The number of halogens is 2. The zero-order valence-corrected chi connectivity index (χ0v) is 16.9. The summed E-state index contributed by atoms with van der Waals surface area (Å²) >= 11 is 11.9. The molecule has 28 heavy (non-hydrogen) atoms. The van der Waals surface area contributed by atoms with E-state index in [4.69, 9.17) is 27.9 Å². The lowest BCUT2D eigenvalue weighted by molar-refractivity contribution is -0.139. The highest BCUT2D eigenvalue weighted by Crippen LogP contribution is 2.23. The summed E-state index contributed by atoms with van der Waals surface area (Å²) in [6, 6.07) is 12.4. The van der Waals surface area contributed by atoms with Gasteiger partial charge in [-0.25, -0.2) is 5.43 Å². The van der Waals surface area contributed by atoms with Crippen molar-refractivity contribution < 1.29 is 14.3 Å². The van der Waals surface area contributed by atoms with Crippen LogP contribution in [0.1, 0.15) is 30.9 Å². The third kappa shape index (κ3) is 7.21. The van der Waals surface area contributed by atoms with Gasteiger partial charge in [-0.15, -0.1) is 0 Å². The Labute approximate surface area is 173 Å². The van der Waals surface area contributed by atoms with E-state index in [1.54, 1.807) is 36.4 Å². The third-order valence-corrected chi connectivity index (χ3v) is 4.41. The number of hydrogen-bond donors (Lipinski definition) is 2. The van der Waals surface area contributed by atoms with Gasteiger partial charge in [0.25, 0.3) is 0 Å². The molecule has 2 N–H and O–H groups in total. The average molecular weight is 422 g/mol. The second-order valence-electron chi connectivity index (χ2n) is 5.91. The number of rotatable bonds is 8. The van der Waals surface area contributed by atoms with Crippen molar-refractivity contribution in [2.45, 2.75) is 26.4 Å². The third-order valence-electron chi connectivity index (χ3n) is 3.67. The fourth-order valence-corrected chi connectivity index (χ4v) is 2.44. The molecule has 0 saturated heterocycles. The number of nitrogens with one attached hydrogen (secondary N) is 2. The minimum Gasteiger partial charge on any atom is -0.489 e. The van der Waals surface area contributed by atoms with Crippen molar-refractivity contribution in [3.63, 3.8) is 0 Å². The summed E-state index contributed by atoms with van der Waals surface area (Å²) in [6.07, 6.45) is 3.20. The molecule has 148 valence electrons. The maximum Gasteiger partial charge on any atom is 0.329 e. The molecule has 0 saturated carbocycles. The maximum absolute atomic E-state index is 11.6. The molecule has 8 heteroatoms. The van der Waals surface area contributed by atoms with Gasteiger partial charge in [0.1, 0.15) is 12.4 Å². The van der Waals surface area contributed by atoms with Gasteiger partial charge >= 0.3 is 11.8 Å². The Morgan fingerprint density at radius 3 is 2.50 bits per heavy atom. The average Bonchev–Trinajstić information content (AvgIpc) is 2.70. The fourth-order valence-electron chi connectivity index (χ4n) is 2.12. The SMILES string of the molecule is CCCCNC(=O)C(=O)N/N=C\c1ccc(OCc2ccc(Cl)c(Cl)c2)cc1. The van der Waals surface area contributed by atoms with E-state index in [-0.39, 0.29) is 0 Å². The Hall–Kier alpha value is -2.57. The van der Waals surface area contributed by atoms with Crippen LogP contribution in [0.15, 0.2) is 47.6 Å². The van der Waals surface area contributed by atoms with Gasteiger partial charge in [0.05, 0.1) is 16.3 Å². The van der Waals surface area contributed by atoms with E-state index in [9.17, 15) is 9.59 Å². The number of hydrogen-bond acceptors (Lipinski definition) is 4. The van der Waals surface area contributed by atoms with Crippen LogP contribution in [0.2, 0.25) is 10.0 Å². The number of benzene rings is 2. The Morgan fingerprint density at radius 1 is 1.07 bits per heavy atom. The van der Waals surface area contributed by atoms with Crippen LogP contribution < -0.4 is 15.5 Å². The highest BCUT2D eigenvalue weighted by Gasteiger charge is 2.10. The van der Waals surface area contributed by atoms with Crippen LogP contribution in [0.5, 0.6) is 5.75 Å². The summed E-state index contributed by atoms with van der Waals surface area (Å²) in [5.74, 6) is -0.826. The molecule has 2 aromatic rings. The molecular weight excluding hydrogens is 401 g/mol. The summed E-state index contributed by atoms with van der Waals surface area (Å²) in [5, 5.41) is 7.28. The lowest BCUT2D eigenvalue weighted by Gasteiger charge is -2.07. The molecule has 0 unspecified atom stereocenters. The number of unbranched alkanes of at least 4 members (excludes halogenated alkanes) is 1. The van der Waals surface area contributed by atoms with E-state index in [1.165, 1.54) is 6.21 Å². The molecule has 0 aromatic heterocycles. The minimum atomic E-state index is -0.797. The molecule has 0 aliphatic carbocycles. The highest BCUT2D eigenvalue weighted by molar-refractivity contribution is 6.42. The molecule has 0 spiro atoms. The number of hydrazone groups is 1. The number of ether oxygens (including phenoxy) is 1. The van der Waals surface area contributed by atoms with Crippen molar-refractivity contribution >= 4 is 41.2 Å². The Morgan fingerprint density at radius 2 is 1.82 bits per heavy atom. The standard InChI is InChI=1S/C20H21Cl2N3O3/c1-2-3-10-23-19(26)20(27)25-24-12-14-4-7-16(8-5-14)28-13-15-6-9-17(21)18(22)11-15/h4-9,11-12H,2-3,10,13H2,1H3,(H,23,26)(H,25,27)/b24-12-. The van der Waals surface area contributed by atoms with Gasteiger partial charge in [-0.05, 0) is 53.9 Å². The van der Waals surface area contributed by atoms with Crippen LogP contribution in [0, 0.1) is 0 Å². The van der Waals surface area contributed by atoms with E-state index in [1.807, 2.05) is 13.0 Å². The first-order chi connectivity index (χ1) is 13.5. The van der Waals surface area contributed by atoms with Crippen molar-refractivity contribution in [3.8, 4) is 5.75 Å². The van der Waals surface area contributed by atoms with Crippen molar-refractivity contribution in [1.29, 1.82) is 0 Å². The Balaban J connectivity index is 1.80. The van der Waals surface area contributed by atoms with Crippen molar-refractivity contribution in [2.75, 3.05) is 6.54 Å². The first-order valence-electron chi connectivity index (χ1n) is 8.77. The summed E-state index contributed by atoms with van der Waals surface area (Å²) in [5.41, 5.74) is 3.84. The highest BCUT2D eigenvalue weighted by atomic mass is 35.5. The molecule has 0 atom stereocenters. The second kappa shape index (κ2) is 11.3. The van der Waals surface area contributed by atoms with Crippen LogP contribution in [0.3, 0.4) is 0 Å². The monoisotopic (exact) mass is 421 g/mol. The van der Waals surface area contributed by atoms with Crippen molar-refractivity contribution in [2.24, 2.45) is 5.10 Å². The molecule has 0 aliphatic heterocycles. The maximum atomic E-state index is 11.6. The summed E-state index contributed by atoms with van der Waals surface area (Å²) in [4.78, 5) is 23.1. The molecule has 0 bridgehead atoms. The summed E-state index contributed by atoms with van der Waals surface area (Å²) in [7, 11) is 0. The fraction of sp³-hybridized carbons (Fsp3) is 0.250. The second-order valence-corrected chi connectivity index (χ2v) is 6.73. The van der Waals surface area contributed by atoms with Crippen LogP contribution in [0.4, 0.5) is 0 Å². The summed E-state index contributed by atoms with van der Waals surface area (Å²) in [6.45, 7) is 2.82. The molecule has 0 aliphatic rings. The van der Waals surface area contributed by atoms with Crippen LogP contribution in [0.25, 0.3) is 0 Å². The molecule has 2 rings (SSSR count). The smallest absolute Gasteiger partial charge is 0.329 e. The Kier molecular flexibility index (Phi) is 8.78. The van der Waals surface area contributed by atoms with Gasteiger partial charge in [-0.2, -0.15) is 5.10 Å². The molecule has 0 fully saturated rings. The zero-order chi connectivity index (χ0) is 20.4. The lowest BCUT2D eigenvalue weighted by Crippen LogP contribution is -2.38. The molecule has 6 nitrogen and oxygen atoms in total. The minimum absolute atomic E-state index is 0.355. The van der Waals surface area contributed by atoms with E-state index in [0.717, 1.165) is 24.0 Å². The van der Waals surface area contributed by atoms with Crippen molar-refractivity contribution in [3.05, 3.63) is 63.6 Å². The largest absolute Gasteiger partial charge is 0.489 e. The van der Waals surface area contributed by atoms with E-state index >= 15 is 0 Å². The van der Waals surface area contributed by atoms with Gasteiger partial charge in [-0.3, -0.25) is 9.59 Å². The molecule has 0 radical (unpaired) electrons. The predicted octanol–water partition coefficient (Wildman–Crippen LogP) is 3.94. The van der Waals surface area contributed by atoms with Gasteiger partial charge < -0.3 is 10.1 Å². The van der Waals surface area contributed by atoms with Gasteiger partial charge in [0.2, 0.25) is 0 Å². The van der Waals surface area contributed by atoms with Gasteiger partial charge in [0.15, 0.2) is 0 Å². The summed E-state index contributed by atoms with van der Waals surface area (Å²) < 4.78 is 5.69. The van der Waals surface area contributed by atoms with E-state index in [0.29, 0.717) is 28.9 Å². The zero-order valence-electron chi connectivity index (χ0n) is 15.4. The van der Waals surface area contributed by atoms with E-state index < -0.39 is 11.8 Å². The first kappa shape index (κ1) is 21.7. The van der Waals surface area contributed by atoms with Crippen LogP contribution in [-0.2, 0) is 16.2 Å². The number of amides is 2. The first-order valence-corrected chi connectivity index (χ1v) is 9.53. The van der Waals surface area contributed by atoms with Crippen LogP contribution >= 0.6 is 23.2 Å². The topological polar surface area (TPSA) is 79.8 Å². The molecule has 2 amide bonds. The number of carbonyl (C=O) groups is 2.